The summed E-state index contributed by atoms with van der Waals surface area (Å²) in [5.74, 6) is -1.29. The first-order chi connectivity index (χ1) is 6.59. The maximum atomic E-state index is 11.7. The molecular formula is C8H7ClF2N2O. The van der Waals surface area contributed by atoms with Crippen LogP contribution in [-0.4, -0.2) is 17.3 Å². The second-order valence-electron chi connectivity index (χ2n) is 2.51. The van der Waals surface area contributed by atoms with Gasteiger partial charge >= 0.3 is 6.43 Å². The summed E-state index contributed by atoms with van der Waals surface area (Å²) in [7, 11) is 0. The van der Waals surface area contributed by atoms with Crippen LogP contribution >= 0.6 is 11.6 Å². The third-order valence-corrected chi connectivity index (χ3v) is 1.68. The highest BCUT2D eigenvalue weighted by Crippen LogP contribution is 2.05. The van der Waals surface area contributed by atoms with Gasteiger partial charge in [0.15, 0.2) is 0 Å². The van der Waals surface area contributed by atoms with Crippen molar-refractivity contribution in [3.63, 3.8) is 0 Å². The summed E-state index contributed by atoms with van der Waals surface area (Å²) in [6.45, 7) is 0.0212. The van der Waals surface area contributed by atoms with Crippen molar-refractivity contribution in [2.45, 2.75) is 13.0 Å². The highest BCUT2D eigenvalue weighted by Gasteiger charge is 2.13. The smallest absolute Gasteiger partial charge is 0.315 e. The van der Waals surface area contributed by atoms with Crippen LogP contribution in [-0.2, 0) is 11.3 Å². The molecule has 0 spiro atoms. The normalized spacial score (nSPS) is 10.3. The van der Waals surface area contributed by atoms with E-state index in [1.54, 1.807) is 6.07 Å². The summed E-state index contributed by atoms with van der Waals surface area (Å²) in [5, 5.41) is 2.36. The van der Waals surface area contributed by atoms with Gasteiger partial charge in [-0.05, 0) is 11.6 Å². The predicted molar refractivity (Wildman–Crippen MR) is 47.1 cm³/mol. The lowest BCUT2D eigenvalue weighted by molar-refractivity contribution is -0.131. The number of carbonyl (C=O) groups excluding carboxylic acids is 1. The van der Waals surface area contributed by atoms with Gasteiger partial charge in [-0.25, -0.2) is 4.98 Å². The van der Waals surface area contributed by atoms with Crippen molar-refractivity contribution in [3.05, 3.63) is 29.0 Å². The number of carbonyl (C=O) groups is 1. The number of pyridine rings is 1. The first kappa shape index (κ1) is 10.8. The molecule has 0 aliphatic rings. The highest BCUT2D eigenvalue weighted by atomic mass is 35.5. The summed E-state index contributed by atoms with van der Waals surface area (Å²) in [6, 6.07) is 3.12. The molecule has 76 valence electrons. The average molecular weight is 221 g/mol. The molecule has 0 aliphatic carbocycles. The molecule has 0 fully saturated rings. The predicted octanol–water partition coefficient (Wildman–Crippen LogP) is 1.62. The molecule has 0 aliphatic heterocycles. The molecule has 0 saturated carbocycles. The van der Waals surface area contributed by atoms with Gasteiger partial charge in [0.2, 0.25) is 0 Å². The number of hydrogen-bond donors (Lipinski definition) is 1. The maximum absolute atomic E-state index is 11.7. The SMILES string of the molecule is O=C(NCc1ccc(Cl)nc1)C(F)F. The maximum Gasteiger partial charge on any atom is 0.315 e. The lowest BCUT2D eigenvalue weighted by Gasteiger charge is -2.03. The summed E-state index contributed by atoms with van der Waals surface area (Å²) in [6.07, 6.45) is -1.58. The van der Waals surface area contributed by atoms with Gasteiger partial charge in [-0.3, -0.25) is 4.79 Å². The quantitative estimate of drug-likeness (QED) is 0.787. The van der Waals surface area contributed by atoms with Crippen LogP contribution < -0.4 is 5.32 Å². The second-order valence-corrected chi connectivity index (χ2v) is 2.89. The Balaban J connectivity index is 2.46. The van der Waals surface area contributed by atoms with Crippen molar-refractivity contribution in [1.29, 1.82) is 0 Å². The van der Waals surface area contributed by atoms with Gasteiger partial charge in [0.05, 0.1) is 0 Å². The number of rotatable bonds is 3. The Bertz CT molecular complexity index is 316. The van der Waals surface area contributed by atoms with Crippen LogP contribution in [0.1, 0.15) is 5.56 Å². The Morgan fingerprint density at radius 3 is 2.79 bits per heavy atom. The van der Waals surface area contributed by atoms with Gasteiger partial charge in [-0.1, -0.05) is 17.7 Å². The fourth-order valence-electron chi connectivity index (χ4n) is 0.777. The number of aromatic nitrogens is 1. The van der Waals surface area contributed by atoms with E-state index in [0.717, 1.165) is 0 Å². The van der Waals surface area contributed by atoms with Gasteiger partial charge < -0.3 is 5.32 Å². The Morgan fingerprint density at radius 2 is 2.29 bits per heavy atom. The average Bonchev–Trinajstić information content (AvgIpc) is 2.16. The number of amides is 1. The minimum atomic E-state index is -2.99. The van der Waals surface area contributed by atoms with Gasteiger partial charge in [0.25, 0.3) is 5.91 Å². The molecule has 1 amide bonds. The van der Waals surface area contributed by atoms with Crippen LogP contribution in [0.15, 0.2) is 18.3 Å². The van der Waals surface area contributed by atoms with Crippen LogP contribution in [0.5, 0.6) is 0 Å². The second kappa shape index (κ2) is 4.85. The molecule has 1 heterocycles. The van der Waals surface area contributed by atoms with E-state index >= 15 is 0 Å². The number of hydrogen-bond acceptors (Lipinski definition) is 2. The first-order valence-corrected chi connectivity index (χ1v) is 4.13. The summed E-state index contributed by atoms with van der Waals surface area (Å²) in [4.78, 5) is 14.2. The molecule has 1 rings (SSSR count). The van der Waals surface area contributed by atoms with Gasteiger partial charge in [0.1, 0.15) is 5.15 Å². The number of nitrogens with zero attached hydrogens (tertiary/aromatic N) is 1. The van der Waals surface area contributed by atoms with Crippen molar-refractivity contribution in [3.8, 4) is 0 Å². The number of nitrogens with one attached hydrogen (secondary N) is 1. The van der Waals surface area contributed by atoms with Crippen LogP contribution in [0.2, 0.25) is 5.15 Å². The molecule has 0 atom stereocenters. The minimum absolute atomic E-state index is 0.0212. The van der Waals surface area contributed by atoms with Crippen molar-refractivity contribution in [1.82, 2.24) is 10.3 Å². The minimum Gasteiger partial charge on any atom is -0.347 e. The monoisotopic (exact) mass is 220 g/mol. The summed E-state index contributed by atoms with van der Waals surface area (Å²) >= 11 is 5.51. The molecule has 0 unspecified atom stereocenters. The third kappa shape index (κ3) is 3.26. The molecule has 6 heteroatoms. The lowest BCUT2D eigenvalue weighted by Crippen LogP contribution is -2.28. The zero-order chi connectivity index (χ0) is 10.6. The first-order valence-electron chi connectivity index (χ1n) is 3.76. The fourth-order valence-corrected chi connectivity index (χ4v) is 0.889. The van der Waals surface area contributed by atoms with Crippen molar-refractivity contribution in [2.75, 3.05) is 0 Å². The fraction of sp³-hybridized carbons (Fsp3) is 0.250. The molecule has 0 aromatic carbocycles. The van der Waals surface area contributed by atoms with Gasteiger partial charge in [0, 0.05) is 12.7 Å². The van der Waals surface area contributed by atoms with Crippen LogP contribution in [0, 0.1) is 0 Å². The summed E-state index contributed by atoms with van der Waals surface area (Å²) in [5.41, 5.74) is 0.614. The van der Waals surface area contributed by atoms with Gasteiger partial charge in [-0.15, -0.1) is 0 Å². The Hall–Kier alpha value is -1.23. The molecule has 1 aromatic rings. The summed E-state index contributed by atoms with van der Waals surface area (Å²) < 4.78 is 23.5. The highest BCUT2D eigenvalue weighted by molar-refractivity contribution is 6.29. The molecular weight excluding hydrogens is 214 g/mol. The zero-order valence-electron chi connectivity index (χ0n) is 7.01. The molecule has 0 saturated heterocycles. The standard InChI is InChI=1S/C8H7ClF2N2O/c9-6-2-1-5(3-12-6)4-13-8(14)7(10)11/h1-3,7H,4H2,(H,13,14). The molecule has 0 bridgehead atoms. The van der Waals surface area contributed by atoms with Gasteiger partial charge in [-0.2, -0.15) is 8.78 Å². The molecule has 1 N–H and O–H groups in total. The van der Waals surface area contributed by atoms with Crippen LogP contribution in [0.25, 0.3) is 0 Å². The molecule has 0 radical (unpaired) electrons. The lowest BCUT2D eigenvalue weighted by atomic mass is 10.3. The molecule has 3 nitrogen and oxygen atoms in total. The Labute approximate surface area is 84.1 Å². The molecule has 14 heavy (non-hydrogen) atoms. The van der Waals surface area contributed by atoms with Crippen LogP contribution in [0.3, 0.4) is 0 Å². The topological polar surface area (TPSA) is 42.0 Å². The molecule has 1 aromatic heterocycles. The third-order valence-electron chi connectivity index (χ3n) is 1.45. The van der Waals surface area contributed by atoms with E-state index in [1.165, 1.54) is 12.3 Å². The van der Waals surface area contributed by atoms with E-state index in [0.29, 0.717) is 10.7 Å². The number of alkyl halides is 2. The van der Waals surface area contributed by atoms with Crippen molar-refractivity contribution < 1.29 is 13.6 Å². The van der Waals surface area contributed by atoms with Crippen LogP contribution in [0.4, 0.5) is 8.78 Å². The van der Waals surface area contributed by atoms with E-state index in [9.17, 15) is 13.6 Å². The van der Waals surface area contributed by atoms with E-state index < -0.39 is 12.3 Å². The largest absolute Gasteiger partial charge is 0.347 e. The van der Waals surface area contributed by atoms with Crippen molar-refractivity contribution in [2.24, 2.45) is 0 Å². The van der Waals surface area contributed by atoms with E-state index in [1.807, 2.05) is 5.32 Å². The Kier molecular flexibility index (Phi) is 3.76. The zero-order valence-corrected chi connectivity index (χ0v) is 7.76. The van der Waals surface area contributed by atoms with Crippen molar-refractivity contribution >= 4 is 17.5 Å². The van der Waals surface area contributed by atoms with E-state index in [-0.39, 0.29) is 6.54 Å². The number of halogens is 3. The van der Waals surface area contributed by atoms with E-state index in [4.69, 9.17) is 11.6 Å². The van der Waals surface area contributed by atoms with E-state index in [2.05, 4.69) is 4.98 Å². The Morgan fingerprint density at radius 1 is 1.57 bits per heavy atom.